The first-order chi connectivity index (χ1) is 14.2. The molecule has 1 N–H and O–H groups in total. The highest BCUT2D eigenvalue weighted by atomic mass is 16.5. The van der Waals surface area contributed by atoms with Gasteiger partial charge in [-0.25, -0.2) is 0 Å². The van der Waals surface area contributed by atoms with Gasteiger partial charge in [-0.05, 0) is 48.9 Å². The van der Waals surface area contributed by atoms with Crippen LogP contribution in [0.25, 0.3) is 0 Å². The molecule has 0 atom stereocenters. The third-order valence-corrected chi connectivity index (χ3v) is 4.02. The Labute approximate surface area is 171 Å². The molecule has 5 nitrogen and oxygen atoms in total. The molecule has 3 aromatic rings. The summed E-state index contributed by atoms with van der Waals surface area (Å²) in [7, 11) is 0. The second-order valence-electron chi connectivity index (χ2n) is 6.37. The number of hydrogen-bond acceptors (Lipinski definition) is 4. The second kappa shape index (κ2) is 10.8. The second-order valence-corrected chi connectivity index (χ2v) is 6.37. The number of para-hydroxylation sites is 1. The predicted octanol–water partition coefficient (Wildman–Crippen LogP) is 5.19. The molecule has 1 amide bonds. The highest BCUT2D eigenvalue weighted by molar-refractivity contribution is 6.04. The molecule has 29 heavy (non-hydrogen) atoms. The third-order valence-electron chi connectivity index (χ3n) is 4.02. The van der Waals surface area contributed by atoms with E-state index in [9.17, 15) is 4.79 Å². The predicted molar refractivity (Wildman–Crippen MR) is 114 cm³/mol. The molecule has 0 bridgehead atoms. The van der Waals surface area contributed by atoms with Crippen molar-refractivity contribution in [1.82, 2.24) is 0 Å². The van der Waals surface area contributed by atoms with Crippen LogP contribution in [0.3, 0.4) is 0 Å². The van der Waals surface area contributed by atoms with Gasteiger partial charge in [0.2, 0.25) is 0 Å². The molecule has 0 saturated heterocycles. The van der Waals surface area contributed by atoms with Gasteiger partial charge in [0, 0.05) is 17.3 Å². The van der Waals surface area contributed by atoms with Crippen molar-refractivity contribution in [3.05, 3.63) is 84.4 Å². The number of rotatable bonds is 10. The first-order valence-electron chi connectivity index (χ1n) is 9.69. The molecule has 0 heterocycles. The lowest BCUT2D eigenvalue weighted by atomic mass is 10.2. The zero-order valence-electron chi connectivity index (χ0n) is 16.5. The van der Waals surface area contributed by atoms with Crippen LogP contribution in [0.15, 0.2) is 78.9 Å². The third kappa shape index (κ3) is 6.57. The minimum absolute atomic E-state index is 0.205. The van der Waals surface area contributed by atoms with Gasteiger partial charge in [-0.15, -0.1) is 0 Å². The smallest absolute Gasteiger partial charge is 0.255 e. The van der Waals surface area contributed by atoms with E-state index in [1.54, 1.807) is 18.2 Å². The van der Waals surface area contributed by atoms with Crippen molar-refractivity contribution in [2.24, 2.45) is 0 Å². The van der Waals surface area contributed by atoms with Gasteiger partial charge in [0.15, 0.2) is 0 Å². The van der Waals surface area contributed by atoms with Crippen LogP contribution >= 0.6 is 0 Å². The molecule has 5 heteroatoms. The molecular formula is C24H25NO4. The lowest BCUT2D eigenvalue weighted by Gasteiger charge is -2.11. The van der Waals surface area contributed by atoms with E-state index < -0.39 is 0 Å². The van der Waals surface area contributed by atoms with Gasteiger partial charge in [0.1, 0.15) is 30.5 Å². The van der Waals surface area contributed by atoms with Crippen LogP contribution in [0, 0.1) is 0 Å². The van der Waals surface area contributed by atoms with Crippen molar-refractivity contribution in [2.75, 3.05) is 25.1 Å². The van der Waals surface area contributed by atoms with Crippen LogP contribution in [-0.4, -0.2) is 25.7 Å². The molecule has 0 saturated carbocycles. The van der Waals surface area contributed by atoms with Crippen LogP contribution in [-0.2, 0) is 0 Å². The van der Waals surface area contributed by atoms with Crippen molar-refractivity contribution < 1.29 is 19.0 Å². The average Bonchev–Trinajstić information content (AvgIpc) is 2.76. The maximum absolute atomic E-state index is 12.6. The number of ether oxygens (including phenoxy) is 3. The zero-order valence-corrected chi connectivity index (χ0v) is 16.5. The van der Waals surface area contributed by atoms with Gasteiger partial charge in [-0.2, -0.15) is 0 Å². The quantitative estimate of drug-likeness (QED) is 0.484. The normalized spacial score (nSPS) is 10.2. The molecule has 150 valence electrons. The Hall–Kier alpha value is -3.47. The Morgan fingerprint density at radius 3 is 2.10 bits per heavy atom. The molecule has 0 aliphatic carbocycles. The Bertz CT molecular complexity index is 912. The summed E-state index contributed by atoms with van der Waals surface area (Å²) in [5.41, 5.74) is 1.21. The number of anilines is 1. The Morgan fingerprint density at radius 2 is 1.34 bits per heavy atom. The number of carbonyl (C=O) groups is 1. The molecular weight excluding hydrogens is 366 g/mol. The van der Waals surface area contributed by atoms with Gasteiger partial charge in [0.25, 0.3) is 5.91 Å². The lowest BCUT2D eigenvalue weighted by molar-refractivity contribution is 0.102. The van der Waals surface area contributed by atoms with Crippen LogP contribution < -0.4 is 19.5 Å². The summed E-state index contributed by atoms with van der Waals surface area (Å²) in [6, 6.07) is 24.0. The van der Waals surface area contributed by atoms with Gasteiger partial charge in [-0.1, -0.05) is 37.3 Å². The van der Waals surface area contributed by atoms with E-state index in [4.69, 9.17) is 14.2 Å². The Morgan fingerprint density at radius 1 is 0.724 bits per heavy atom. The van der Waals surface area contributed by atoms with E-state index in [-0.39, 0.29) is 5.91 Å². The minimum atomic E-state index is -0.205. The standard InChI is InChI=1S/C24H25NO4/c1-2-14-27-23-13-7-9-20(18-23)25-24(26)19-8-6-12-22(17-19)29-16-15-28-21-10-4-3-5-11-21/h3-13,17-18H,2,14-16H2,1H3,(H,25,26). The van der Waals surface area contributed by atoms with Crippen LogP contribution in [0.4, 0.5) is 5.69 Å². The summed E-state index contributed by atoms with van der Waals surface area (Å²) in [4.78, 5) is 12.6. The summed E-state index contributed by atoms with van der Waals surface area (Å²) in [6.07, 6.45) is 0.930. The average molecular weight is 391 g/mol. The maximum Gasteiger partial charge on any atom is 0.255 e. The van der Waals surface area contributed by atoms with Gasteiger partial charge < -0.3 is 19.5 Å². The van der Waals surface area contributed by atoms with E-state index in [1.807, 2.05) is 60.7 Å². The largest absolute Gasteiger partial charge is 0.494 e. The zero-order chi connectivity index (χ0) is 20.3. The SMILES string of the molecule is CCCOc1cccc(NC(=O)c2cccc(OCCOc3ccccc3)c2)c1. The maximum atomic E-state index is 12.6. The highest BCUT2D eigenvalue weighted by Crippen LogP contribution is 2.20. The van der Waals surface area contributed by atoms with Gasteiger partial charge >= 0.3 is 0 Å². The van der Waals surface area contributed by atoms with Crippen molar-refractivity contribution in [1.29, 1.82) is 0 Å². The first kappa shape index (κ1) is 20.3. The molecule has 0 aromatic heterocycles. The number of amides is 1. The monoisotopic (exact) mass is 391 g/mol. The Kier molecular flexibility index (Phi) is 7.52. The van der Waals surface area contributed by atoms with E-state index in [2.05, 4.69) is 12.2 Å². The summed E-state index contributed by atoms with van der Waals surface area (Å²) in [5, 5.41) is 2.89. The molecule has 0 aliphatic rings. The minimum Gasteiger partial charge on any atom is -0.494 e. The summed E-state index contributed by atoms with van der Waals surface area (Å²) < 4.78 is 16.9. The topological polar surface area (TPSA) is 56.8 Å². The summed E-state index contributed by atoms with van der Waals surface area (Å²) in [5.74, 6) is 1.95. The van der Waals surface area contributed by atoms with E-state index in [0.717, 1.165) is 17.9 Å². The van der Waals surface area contributed by atoms with Crippen LogP contribution in [0.5, 0.6) is 17.2 Å². The van der Waals surface area contributed by atoms with Crippen molar-refractivity contribution in [2.45, 2.75) is 13.3 Å². The van der Waals surface area contributed by atoms with E-state index in [1.165, 1.54) is 0 Å². The summed E-state index contributed by atoms with van der Waals surface area (Å²) in [6.45, 7) is 3.50. The molecule has 0 fully saturated rings. The number of carbonyl (C=O) groups excluding carboxylic acids is 1. The van der Waals surface area contributed by atoms with Crippen LogP contribution in [0.1, 0.15) is 23.7 Å². The molecule has 0 aliphatic heterocycles. The molecule has 0 radical (unpaired) electrons. The number of hydrogen-bond donors (Lipinski definition) is 1. The first-order valence-corrected chi connectivity index (χ1v) is 9.69. The fraction of sp³-hybridized carbons (Fsp3) is 0.208. The molecule has 3 aromatic carbocycles. The van der Waals surface area contributed by atoms with E-state index in [0.29, 0.717) is 36.8 Å². The van der Waals surface area contributed by atoms with Crippen molar-refractivity contribution in [3.8, 4) is 17.2 Å². The number of nitrogens with one attached hydrogen (secondary N) is 1. The summed E-state index contributed by atoms with van der Waals surface area (Å²) >= 11 is 0. The molecule has 0 unspecified atom stereocenters. The van der Waals surface area contributed by atoms with E-state index >= 15 is 0 Å². The fourth-order valence-electron chi connectivity index (χ4n) is 2.65. The number of benzene rings is 3. The Balaban J connectivity index is 1.52. The van der Waals surface area contributed by atoms with Gasteiger partial charge in [-0.3, -0.25) is 4.79 Å². The lowest BCUT2D eigenvalue weighted by Crippen LogP contribution is -2.13. The van der Waals surface area contributed by atoms with Crippen LogP contribution in [0.2, 0.25) is 0 Å². The molecule has 3 rings (SSSR count). The fourth-order valence-corrected chi connectivity index (χ4v) is 2.65. The van der Waals surface area contributed by atoms with Gasteiger partial charge in [0.05, 0.1) is 6.61 Å². The highest BCUT2D eigenvalue weighted by Gasteiger charge is 2.08. The van der Waals surface area contributed by atoms with Crippen molar-refractivity contribution >= 4 is 11.6 Å². The van der Waals surface area contributed by atoms with Crippen molar-refractivity contribution in [3.63, 3.8) is 0 Å². The molecule has 0 spiro atoms.